The molecule has 0 saturated heterocycles. The Balaban J connectivity index is 2.59. The highest BCUT2D eigenvalue weighted by Gasteiger charge is 2.07. The summed E-state index contributed by atoms with van der Waals surface area (Å²) in [6.45, 7) is 9.98. The second-order valence-electron chi connectivity index (χ2n) is 4.08. The van der Waals surface area contributed by atoms with Gasteiger partial charge in [0.05, 0.1) is 5.69 Å². The first-order chi connectivity index (χ1) is 7.61. The first kappa shape index (κ1) is 10.7. The average molecular weight is 212 g/mol. The molecule has 2 nitrogen and oxygen atoms in total. The summed E-state index contributed by atoms with van der Waals surface area (Å²) in [6, 6.07) is 6.26. The Hall–Kier alpha value is -1.83. The Morgan fingerprint density at radius 2 is 2.00 bits per heavy atom. The molecule has 0 fully saturated rings. The number of aromatic nitrogens is 2. The fourth-order valence-corrected chi connectivity index (χ4v) is 1.77. The van der Waals surface area contributed by atoms with Crippen molar-refractivity contribution < 1.29 is 0 Å². The SMILES string of the molecule is C=Cc1nc(C)ccc1-c1cc(C)c(C)[nH]1. The van der Waals surface area contributed by atoms with Crippen molar-refractivity contribution in [1.29, 1.82) is 0 Å². The van der Waals surface area contributed by atoms with Gasteiger partial charge in [0, 0.05) is 22.6 Å². The van der Waals surface area contributed by atoms with Crippen molar-refractivity contribution in [3.05, 3.63) is 47.4 Å². The third kappa shape index (κ3) is 1.78. The van der Waals surface area contributed by atoms with Crippen molar-refractivity contribution in [1.82, 2.24) is 9.97 Å². The van der Waals surface area contributed by atoms with Gasteiger partial charge in [0.25, 0.3) is 0 Å². The van der Waals surface area contributed by atoms with Crippen LogP contribution in [0.1, 0.15) is 22.6 Å². The van der Waals surface area contributed by atoms with E-state index in [9.17, 15) is 0 Å². The van der Waals surface area contributed by atoms with E-state index in [1.165, 1.54) is 11.3 Å². The number of nitrogens with zero attached hydrogens (tertiary/aromatic N) is 1. The number of pyridine rings is 1. The fraction of sp³-hybridized carbons (Fsp3) is 0.214. The van der Waals surface area contributed by atoms with Gasteiger partial charge in [-0.15, -0.1) is 0 Å². The molecule has 0 unspecified atom stereocenters. The van der Waals surface area contributed by atoms with Gasteiger partial charge in [0.1, 0.15) is 0 Å². The third-order valence-electron chi connectivity index (χ3n) is 2.82. The summed E-state index contributed by atoms with van der Waals surface area (Å²) in [4.78, 5) is 7.84. The van der Waals surface area contributed by atoms with Gasteiger partial charge in [-0.3, -0.25) is 4.98 Å². The van der Waals surface area contributed by atoms with E-state index >= 15 is 0 Å². The molecule has 0 radical (unpaired) electrons. The van der Waals surface area contributed by atoms with Gasteiger partial charge in [0.2, 0.25) is 0 Å². The van der Waals surface area contributed by atoms with Gasteiger partial charge in [-0.25, -0.2) is 0 Å². The van der Waals surface area contributed by atoms with Gasteiger partial charge >= 0.3 is 0 Å². The summed E-state index contributed by atoms with van der Waals surface area (Å²) < 4.78 is 0. The zero-order valence-corrected chi connectivity index (χ0v) is 9.96. The normalized spacial score (nSPS) is 10.4. The summed E-state index contributed by atoms with van der Waals surface area (Å²) in [6.07, 6.45) is 1.80. The van der Waals surface area contributed by atoms with E-state index in [0.717, 1.165) is 22.6 Å². The largest absolute Gasteiger partial charge is 0.358 e. The predicted octanol–water partition coefficient (Wildman–Crippen LogP) is 3.64. The van der Waals surface area contributed by atoms with Crippen molar-refractivity contribution >= 4 is 6.08 Å². The quantitative estimate of drug-likeness (QED) is 0.808. The molecule has 0 aliphatic rings. The topological polar surface area (TPSA) is 28.7 Å². The molecule has 0 spiro atoms. The third-order valence-corrected chi connectivity index (χ3v) is 2.82. The molecule has 0 atom stereocenters. The Morgan fingerprint density at radius 1 is 1.25 bits per heavy atom. The maximum atomic E-state index is 4.47. The zero-order valence-electron chi connectivity index (χ0n) is 9.96. The van der Waals surface area contributed by atoms with Crippen molar-refractivity contribution in [3.63, 3.8) is 0 Å². The maximum Gasteiger partial charge on any atom is 0.0720 e. The Kier molecular flexibility index (Phi) is 2.65. The molecule has 2 rings (SSSR count). The average Bonchev–Trinajstić information content (AvgIpc) is 2.59. The van der Waals surface area contributed by atoms with Crippen LogP contribution in [0.5, 0.6) is 0 Å². The van der Waals surface area contributed by atoms with Gasteiger partial charge in [0.15, 0.2) is 0 Å². The second kappa shape index (κ2) is 3.97. The van der Waals surface area contributed by atoms with E-state index in [4.69, 9.17) is 0 Å². The number of rotatable bonds is 2. The van der Waals surface area contributed by atoms with Crippen LogP contribution in [-0.2, 0) is 0 Å². The summed E-state index contributed by atoms with van der Waals surface area (Å²) in [5.41, 5.74) is 6.63. The van der Waals surface area contributed by atoms with Gasteiger partial charge in [-0.05, 0) is 50.6 Å². The summed E-state index contributed by atoms with van der Waals surface area (Å²) in [7, 11) is 0. The lowest BCUT2D eigenvalue weighted by molar-refractivity contribution is 1.17. The van der Waals surface area contributed by atoms with Gasteiger partial charge in [-0.1, -0.05) is 6.58 Å². The monoisotopic (exact) mass is 212 g/mol. The first-order valence-corrected chi connectivity index (χ1v) is 5.38. The first-order valence-electron chi connectivity index (χ1n) is 5.38. The lowest BCUT2D eigenvalue weighted by Gasteiger charge is -2.04. The molecule has 2 aromatic rings. The van der Waals surface area contributed by atoms with E-state index in [1.807, 2.05) is 13.0 Å². The highest BCUT2D eigenvalue weighted by molar-refractivity contribution is 5.71. The van der Waals surface area contributed by atoms with Crippen LogP contribution >= 0.6 is 0 Å². The minimum absolute atomic E-state index is 0.932. The number of hydrogen-bond donors (Lipinski definition) is 1. The predicted molar refractivity (Wildman–Crippen MR) is 68.3 cm³/mol. The number of aromatic amines is 1. The Morgan fingerprint density at radius 3 is 2.56 bits per heavy atom. The molecule has 0 saturated carbocycles. The molecule has 2 heterocycles. The molecule has 82 valence electrons. The van der Waals surface area contributed by atoms with Crippen LogP contribution in [0.3, 0.4) is 0 Å². The molecule has 0 bridgehead atoms. The molecule has 16 heavy (non-hydrogen) atoms. The highest BCUT2D eigenvalue weighted by Crippen LogP contribution is 2.24. The molecule has 2 heteroatoms. The van der Waals surface area contributed by atoms with E-state index in [0.29, 0.717) is 0 Å². The lowest BCUT2D eigenvalue weighted by atomic mass is 10.1. The number of aryl methyl sites for hydroxylation is 3. The minimum Gasteiger partial charge on any atom is -0.358 e. The van der Waals surface area contributed by atoms with Gasteiger partial charge in [-0.2, -0.15) is 0 Å². The van der Waals surface area contributed by atoms with Crippen LogP contribution in [-0.4, -0.2) is 9.97 Å². The molecule has 1 N–H and O–H groups in total. The minimum atomic E-state index is 0.932. The van der Waals surface area contributed by atoms with Crippen molar-refractivity contribution in [2.75, 3.05) is 0 Å². The molecule has 2 aromatic heterocycles. The van der Waals surface area contributed by atoms with Crippen LogP contribution in [0.2, 0.25) is 0 Å². The van der Waals surface area contributed by atoms with Crippen molar-refractivity contribution in [2.45, 2.75) is 20.8 Å². The molecule has 0 aliphatic carbocycles. The van der Waals surface area contributed by atoms with E-state index in [2.05, 4.69) is 42.5 Å². The smallest absolute Gasteiger partial charge is 0.0720 e. The van der Waals surface area contributed by atoms with Gasteiger partial charge < -0.3 is 4.98 Å². The van der Waals surface area contributed by atoms with Crippen LogP contribution in [0, 0.1) is 20.8 Å². The molecule has 0 aromatic carbocycles. The second-order valence-corrected chi connectivity index (χ2v) is 4.08. The van der Waals surface area contributed by atoms with Crippen LogP contribution in [0.15, 0.2) is 24.8 Å². The van der Waals surface area contributed by atoms with Crippen molar-refractivity contribution in [2.24, 2.45) is 0 Å². The van der Waals surface area contributed by atoms with Crippen LogP contribution in [0.25, 0.3) is 17.3 Å². The molecular formula is C14H16N2. The lowest BCUT2D eigenvalue weighted by Crippen LogP contribution is -1.90. The maximum absolute atomic E-state index is 4.47. The zero-order chi connectivity index (χ0) is 11.7. The number of nitrogens with one attached hydrogen (secondary N) is 1. The fourth-order valence-electron chi connectivity index (χ4n) is 1.77. The summed E-state index contributed by atoms with van der Waals surface area (Å²) in [5.74, 6) is 0. The number of H-pyrrole nitrogens is 1. The van der Waals surface area contributed by atoms with Crippen LogP contribution in [0.4, 0.5) is 0 Å². The summed E-state index contributed by atoms with van der Waals surface area (Å²) >= 11 is 0. The van der Waals surface area contributed by atoms with E-state index in [1.54, 1.807) is 6.08 Å². The molecule has 0 amide bonds. The van der Waals surface area contributed by atoms with Crippen molar-refractivity contribution in [3.8, 4) is 11.3 Å². The highest BCUT2D eigenvalue weighted by atomic mass is 14.8. The standard InChI is InChI=1S/C14H16N2/c1-5-13-12(7-6-10(3)15-13)14-8-9(2)11(4)16-14/h5-8,16H,1H2,2-4H3. The van der Waals surface area contributed by atoms with Crippen LogP contribution < -0.4 is 0 Å². The molecular weight excluding hydrogens is 196 g/mol. The molecule has 0 aliphatic heterocycles. The Bertz CT molecular complexity index is 516. The number of hydrogen-bond acceptors (Lipinski definition) is 1. The summed E-state index contributed by atoms with van der Waals surface area (Å²) in [5, 5.41) is 0. The van der Waals surface area contributed by atoms with E-state index < -0.39 is 0 Å². The van der Waals surface area contributed by atoms with E-state index in [-0.39, 0.29) is 0 Å². The Labute approximate surface area is 96.1 Å².